The highest BCUT2D eigenvalue weighted by Gasteiger charge is 1.85. The highest BCUT2D eigenvalue weighted by molar-refractivity contribution is 4.96. The van der Waals surface area contributed by atoms with E-state index in [2.05, 4.69) is 50.3 Å². The maximum Gasteiger partial charge on any atom is -0.0169 e. The van der Waals surface area contributed by atoms with Crippen LogP contribution in [0.4, 0.5) is 0 Å². The normalized spacial score (nSPS) is 12.4. The van der Waals surface area contributed by atoms with Crippen molar-refractivity contribution >= 4 is 0 Å². The fraction of sp³-hybridized carbons (Fsp3) is 0.625. The van der Waals surface area contributed by atoms with Gasteiger partial charge in [-0.15, -0.1) is 0 Å². The van der Waals surface area contributed by atoms with Crippen LogP contribution in [0.2, 0.25) is 0 Å². The van der Waals surface area contributed by atoms with Crippen LogP contribution >= 0.6 is 0 Å². The quantitative estimate of drug-likeness (QED) is 0.321. The van der Waals surface area contributed by atoms with Gasteiger partial charge in [0, 0.05) is 0 Å². The molecule has 0 nitrogen and oxygen atoms in total. The van der Waals surface area contributed by atoms with Crippen molar-refractivity contribution in [1.82, 2.24) is 0 Å². The lowest BCUT2D eigenvalue weighted by Crippen LogP contribution is -1.75. The fourth-order valence-electron chi connectivity index (χ4n) is 1.57. The van der Waals surface area contributed by atoms with E-state index in [-0.39, 0.29) is 0 Å². The van der Waals surface area contributed by atoms with Gasteiger partial charge in [0.05, 0.1) is 0 Å². The summed E-state index contributed by atoms with van der Waals surface area (Å²) in [5.74, 6) is 0. The maximum atomic E-state index is 2.33. The first-order valence-electron chi connectivity index (χ1n) is 6.83. The van der Waals surface area contributed by atoms with Gasteiger partial charge in [-0.2, -0.15) is 0 Å². The van der Waals surface area contributed by atoms with E-state index >= 15 is 0 Å². The van der Waals surface area contributed by atoms with Gasteiger partial charge >= 0.3 is 0 Å². The summed E-state index contributed by atoms with van der Waals surface area (Å²) < 4.78 is 0. The first-order chi connectivity index (χ1) is 7.91. The minimum atomic E-state index is 1.07. The monoisotopic (exact) mass is 220 g/mol. The number of rotatable bonds is 10. The smallest absolute Gasteiger partial charge is 0.0169 e. The van der Waals surface area contributed by atoms with Crippen molar-refractivity contribution in [1.29, 1.82) is 0 Å². The van der Waals surface area contributed by atoms with Crippen LogP contribution < -0.4 is 0 Å². The van der Waals surface area contributed by atoms with Gasteiger partial charge in [-0.1, -0.05) is 69.1 Å². The lowest BCUT2D eigenvalue weighted by atomic mass is 10.1. The number of hydrogen-bond donors (Lipinski definition) is 0. The molecule has 0 aromatic carbocycles. The van der Waals surface area contributed by atoms with Gasteiger partial charge in [0.15, 0.2) is 0 Å². The van der Waals surface area contributed by atoms with Crippen LogP contribution in [0.25, 0.3) is 0 Å². The second-order valence-electron chi connectivity index (χ2n) is 4.19. The first-order valence-corrected chi connectivity index (χ1v) is 6.83. The van der Waals surface area contributed by atoms with Crippen molar-refractivity contribution in [2.75, 3.05) is 0 Å². The molecule has 0 aliphatic rings. The lowest BCUT2D eigenvalue weighted by molar-refractivity contribution is 0.637. The summed E-state index contributed by atoms with van der Waals surface area (Å²) in [6, 6.07) is 0. The van der Waals surface area contributed by atoms with Gasteiger partial charge < -0.3 is 0 Å². The first kappa shape index (κ1) is 15.2. The van der Waals surface area contributed by atoms with E-state index in [0.717, 1.165) is 12.8 Å². The molecule has 0 rings (SSSR count). The summed E-state index contributed by atoms with van der Waals surface area (Å²) in [6.07, 6.45) is 23.7. The van der Waals surface area contributed by atoms with E-state index in [9.17, 15) is 0 Å². The second kappa shape index (κ2) is 14.2. The Morgan fingerprint density at radius 3 is 2.00 bits per heavy atom. The molecular formula is C16H28. The predicted molar refractivity (Wildman–Crippen MR) is 75.7 cm³/mol. The molecule has 0 fully saturated rings. The van der Waals surface area contributed by atoms with Gasteiger partial charge in [0.1, 0.15) is 0 Å². The number of hydrogen-bond acceptors (Lipinski definition) is 0. The summed E-state index contributed by atoms with van der Waals surface area (Å²) in [5.41, 5.74) is 0. The zero-order valence-corrected chi connectivity index (χ0v) is 11.1. The molecule has 0 spiro atoms. The summed E-state index contributed by atoms with van der Waals surface area (Å²) >= 11 is 0. The molecule has 0 radical (unpaired) electrons. The van der Waals surface area contributed by atoms with E-state index in [1.807, 2.05) is 0 Å². The molecule has 0 heteroatoms. The van der Waals surface area contributed by atoms with Gasteiger partial charge in [-0.25, -0.2) is 0 Å². The molecule has 0 unspecified atom stereocenters. The van der Waals surface area contributed by atoms with Crippen LogP contribution in [0.15, 0.2) is 36.5 Å². The molecule has 0 saturated heterocycles. The van der Waals surface area contributed by atoms with Gasteiger partial charge in [-0.3, -0.25) is 0 Å². The Morgan fingerprint density at radius 1 is 0.688 bits per heavy atom. The standard InChI is InChI=1S/C16H28/c1-3-5-7-9-11-13-15-16-14-12-10-8-6-4-2/h3,5,9,11,15-16H,4,6-8,10,12-14H2,1-2H3. The molecule has 0 heterocycles. The fourth-order valence-corrected chi connectivity index (χ4v) is 1.57. The third-order valence-electron chi connectivity index (χ3n) is 2.59. The Morgan fingerprint density at radius 2 is 1.31 bits per heavy atom. The minimum absolute atomic E-state index is 1.07. The molecule has 16 heavy (non-hydrogen) atoms. The van der Waals surface area contributed by atoms with Crippen LogP contribution in [0.1, 0.15) is 65.2 Å². The molecule has 0 N–H and O–H groups in total. The summed E-state index contributed by atoms with van der Waals surface area (Å²) in [5, 5.41) is 0. The van der Waals surface area contributed by atoms with Crippen LogP contribution in [-0.4, -0.2) is 0 Å². The predicted octanol–water partition coefficient (Wildman–Crippen LogP) is 5.82. The van der Waals surface area contributed by atoms with E-state index in [1.54, 1.807) is 0 Å². The summed E-state index contributed by atoms with van der Waals surface area (Å²) in [4.78, 5) is 0. The Bertz CT molecular complexity index is 196. The van der Waals surface area contributed by atoms with Gasteiger partial charge in [-0.05, 0) is 32.6 Å². The van der Waals surface area contributed by atoms with Gasteiger partial charge in [0.25, 0.3) is 0 Å². The molecule has 0 aromatic heterocycles. The molecule has 0 aliphatic heterocycles. The van der Waals surface area contributed by atoms with Crippen molar-refractivity contribution in [2.45, 2.75) is 65.2 Å². The minimum Gasteiger partial charge on any atom is -0.0914 e. The topological polar surface area (TPSA) is 0 Å². The molecule has 0 atom stereocenters. The highest BCUT2D eigenvalue weighted by atomic mass is 13.9. The Labute approximate surface area is 102 Å². The third kappa shape index (κ3) is 13.2. The molecule has 0 aromatic rings. The molecule has 0 aliphatic carbocycles. The largest absolute Gasteiger partial charge is 0.0914 e. The van der Waals surface area contributed by atoms with Crippen molar-refractivity contribution < 1.29 is 0 Å². The molecule has 0 bridgehead atoms. The van der Waals surface area contributed by atoms with Crippen LogP contribution in [0.5, 0.6) is 0 Å². The highest BCUT2D eigenvalue weighted by Crippen LogP contribution is 2.05. The number of allylic oxidation sites excluding steroid dienone is 6. The second-order valence-corrected chi connectivity index (χ2v) is 4.19. The van der Waals surface area contributed by atoms with Crippen LogP contribution in [0.3, 0.4) is 0 Å². The average Bonchev–Trinajstić information content (AvgIpc) is 2.31. The van der Waals surface area contributed by atoms with E-state index < -0.39 is 0 Å². The van der Waals surface area contributed by atoms with E-state index in [4.69, 9.17) is 0 Å². The van der Waals surface area contributed by atoms with Crippen molar-refractivity contribution in [3.8, 4) is 0 Å². The molecule has 0 amide bonds. The third-order valence-corrected chi connectivity index (χ3v) is 2.59. The molecule has 92 valence electrons. The van der Waals surface area contributed by atoms with Crippen LogP contribution in [-0.2, 0) is 0 Å². The molecular weight excluding hydrogens is 192 g/mol. The van der Waals surface area contributed by atoms with Gasteiger partial charge in [0.2, 0.25) is 0 Å². The van der Waals surface area contributed by atoms with E-state index in [1.165, 1.54) is 38.5 Å². The zero-order valence-electron chi connectivity index (χ0n) is 11.1. The maximum absolute atomic E-state index is 2.33. The zero-order chi connectivity index (χ0) is 11.9. The van der Waals surface area contributed by atoms with Crippen molar-refractivity contribution in [3.05, 3.63) is 36.5 Å². The van der Waals surface area contributed by atoms with Crippen LogP contribution in [0, 0.1) is 0 Å². The van der Waals surface area contributed by atoms with Crippen molar-refractivity contribution in [2.24, 2.45) is 0 Å². The van der Waals surface area contributed by atoms with E-state index in [0.29, 0.717) is 0 Å². The lowest BCUT2D eigenvalue weighted by Gasteiger charge is -1.95. The SMILES string of the molecule is CC=CCC=CCC=CCCCCCCC. The van der Waals surface area contributed by atoms with Crippen molar-refractivity contribution in [3.63, 3.8) is 0 Å². The summed E-state index contributed by atoms with van der Waals surface area (Å²) in [7, 11) is 0. The molecule has 0 saturated carbocycles. The summed E-state index contributed by atoms with van der Waals surface area (Å²) in [6.45, 7) is 4.33. The Hall–Kier alpha value is -0.780. The average molecular weight is 220 g/mol. The Kier molecular flexibility index (Phi) is 13.5. The number of unbranched alkanes of at least 4 members (excludes halogenated alkanes) is 5. The Balaban J connectivity index is 3.18.